The number of rotatable bonds is 2. The van der Waals surface area contributed by atoms with Crippen LogP contribution in [0.2, 0.25) is 0 Å². The molecule has 1 heterocycles. The quantitative estimate of drug-likeness (QED) is 0.747. The van der Waals surface area contributed by atoms with Gasteiger partial charge in [-0.15, -0.1) is 0 Å². The molecule has 1 fully saturated rings. The van der Waals surface area contributed by atoms with Gasteiger partial charge >= 0.3 is 0 Å². The number of nitrogen functional groups attached to an aromatic ring is 1. The summed E-state index contributed by atoms with van der Waals surface area (Å²) >= 11 is 0. The van der Waals surface area contributed by atoms with Gasteiger partial charge in [0.15, 0.2) is 0 Å². The van der Waals surface area contributed by atoms with Gasteiger partial charge < -0.3 is 15.7 Å². The first kappa shape index (κ1) is 11.3. The van der Waals surface area contributed by atoms with E-state index in [1.165, 1.54) is 11.3 Å². The zero-order valence-corrected chi connectivity index (χ0v) is 9.98. The van der Waals surface area contributed by atoms with E-state index in [0.717, 1.165) is 25.2 Å². The lowest BCUT2D eigenvalue weighted by molar-refractivity contribution is 0.136. The fourth-order valence-corrected chi connectivity index (χ4v) is 2.39. The fraction of sp³-hybridized carbons (Fsp3) is 0.538. The number of benzene rings is 1. The molecular weight excluding hydrogens is 200 g/mol. The van der Waals surface area contributed by atoms with Crippen LogP contribution in [0.3, 0.4) is 0 Å². The van der Waals surface area contributed by atoms with E-state index < -0.39 is 0 Å². The van der Waals surface area contributed by atoms with Crippen LogP contribution in [0.25, 0.3) is 0 Å². The van der Waals surface area contributed by atoms with Gasteiger partial charge in [-0.1, -0.05) is 0 Å². The Morgan fingerprint density at radius 1 is 1.44 bits per heavy atom. The minimum Gasteiger partial charge on any atom is -0.399 e. The lowest BCUT2D eigenvalue weighted by Crippen LogP contribution is -2.23. The minimum atomic E-state index is -0.216. The van der Waals surface area contributed by atoms with E-state index in [1.54, 1.807) is 0 Å². The van der Waals surface area contributed by atoms with Crippen molar-refractivity contribution in [2.75, 3.05) is 23.7 Å². The first-order valence-corrected chi connectivity index (χ1v) is 5.86. The van der Waals surface area contributed by atoms with Crippen molar-refractivity contribution in [3.8, 4) is 0 Å². The van der Waals surface area contributed by atoms with Crippen LogP contribution in [0.1, 0.15) is 18.9 Å². The normalized spacial score (nSPS) is 22.4. The number of aliphatic hydroxyl groups excluding tert-OH is 1. The number of hydrogen-bond donors (Lipinski definition) is 2. The first-order valence-electron chi connectivity index (χ1n) is 5.86. The topological polar surface area (TPSA) is 49.5 Å². The molecule has 2 unspecified atom stereocenters. The smallest absolute Gasteiger partial charge is 0.0557 e. The maximum Gasteiger partial charge on any atom is 0.0557 e. The number of nitrogens with zero attached hydrogens (tertiary/aromatic N) is 1. The van der Waals surface area contributed by atoms with Crippen molar-refractivity contribution in [1.82, 2.24) is 0 Å². The van der Waals surface area contributed by atoms with Crippen LogP contribution >= 0.6 is 0 Å². The molecule has 0 spiro atoms. The van der Waals surface area contributed by atoms with E-state index in [4.69, 9.17) is 5.73 Å². The monoisotopic (exact) mass is 220 g/mol. The van der Waals surface area contributed by atoms with Crippen LogP contribution in [0.15, 0.2) is 18.2 Å². The van der Waals surface area contributed by atoms with Gasteiger partial charge in [0.1, 0.15) is 0 Å². The Labute approximate surface area is 96.9 Å². The van der Waals surface area contributed by atoms with Crippen LogP contribution in [0.4, 0.5) is 11.4 Å². The van der Waals surface area contributed by atoms with E-state index in [1.807, 2.05) is 19.1 Å². The number of anilines is 2. The number of aliphatic hydroxyl groups is 1. The summed E-state index contributed by atoms with van der Waals surface area (Å²) in [5.41, 5.74) is 9.03. The van der Waals surface area contributed by atoms with Crippen molar-refractivity contribution in [3.05, 3.63) is 23.8 Å². The Bertz CT molecular complexity index is 356. The average Bonchev–Trinajstić information content (AvgIpc) is 2.64. The third-order valence-corrected chi connectivity index (χ3v) is 3.36. The lowest BCUT2D eigenvalue weighted by atomic mass is 10.0. The van der Waals surface area contributed by atoms with Gasteiger partial charge in [0.2, 0.25) is 0 Å². The lowest BCUT2D eigenvalue weighted by Gasteiger charge is -2.20. The summed E-state index contributed by atoms with van der Waals surface area (Å²) in [5.74, 6) is 0.390. The summed E-state index contributed by atoms with van der Waals surface area (Å²) in [5, 5.41) is 9.57. The predicted molar refractivity (Wildman–Crippen MR) is 67.6 cm³/mol. The second-order valence-electron chi connectivity index (χ2n) is 4.84. The molecule has 16 heavy (non-hydrogen) atoms. The molecule has 88 valence electrons. The molecule has 3 N–H and O–H groups in total. The van der Waals surface area contributed by atoms with Gasteiger partial charge in [0.05, 0.1) is 6.10 Å². The van der Waals surface area contributed by atoms with Crippen molar-refractivity contribution in [2.24, 2.45) is 5.92 Å². The van der Waals surface area contributed by atoms with Gasteiger partial charge in [0, 0.05) is 30.4 Å². The summed E-state index contributed by atoms with van der Waals surface area (Å²) in [4.78, 5) is 2.31. The number of nitrogens with two attached hydrogens (primary N) is 1. The summed E-state index contributed by atoms with van der Waals surface area (Å²) in [6.45, 7) is 5.87. The molecule has 0 aromatic heterocycles. The van der Waals surface area contributed by atoms with Crippen LogP contribution in [-0.2, 0) is 0 Å². The van der Waals surface area contributed by atoms with E-state index in [9.17, 15) is 5.11 Å². The largest absolute Gasteiger partial charge is 0.399 e. The van der Waals surface area contributed by atoms with Gasteiger partial charge in [-0.3, -0.25) is 0 Å². The molecule has 3 nitrogen and oxygen atoms in total. The second kappa shape index (κ2) is 4.34. The van der Waals surface area contributed by atoms with Crippen molar-refractivity contribution in [3.63, 3.8) is 0 Å². The van der Waals surface area contributed by atoms with Crippen molar-refractivity contribution >= 4 is 11.4 Å². The number of aryl methyl sites for hydroxylation is 1. The Morgan fingerprint density at radius 2 is 2.19 bits per heavy atom. The van der Waals surface area contributed by atoms with E-state index >= 15 is 0 Å². The maximum absolute atomic E-state index is 9.57. The van der Waals surface area contributed by atoms with Crippen LogP contribution < -0.4 is 10.6 Å². The van der Waals surface area contributed by atoms with Gasteiger partial charge in [-0.05, 0) is 44.0 Å². The summed E-state index contributed by atoms with van der Waals surface area (Å²) < 4.78 is 0. The van der Waals surface area contributed by atoms with E-state index in [2.05, 4.69) is 17.9 Å². The molecule has 2 atom stereocenters. The van der Waals surface area contributed by atoms with Crippen LogP contribution in [0, 0.1) is 12.8 Å². The van der Waals surface area contributed by atoms with Crippen molar-refractivity contribution < 1.29 is 5.11 Å². The predicted octanol–water partition coefficient (Wildman–Crippen LogP) is 1.78. The SMILES string of the molecule is Cc1cc(N)cc(N2CCC(C(C)O)C2)c1. The summed E-state index contributed by atoms with van der Waals surface area (Å²) in [6.07, 6.45) is 0.845. The number of hydrogen-bond acceptors (Lipinski definition) is 3. The van der Waals surface area contributed by atoms with E-state index in [-0.39, 0.29) is 6.10 Å². The highest BCUT2D eigenvalue weighted by Crippen LogP contribution is 2.27. The second-order valence-corrected chi connectivity index (χ2v) is 4.84. The Hall–Kier alpha value is -1.22. The zero-order valence-electron chi connectivity index (χ0n) is 9.98. The zero-order chi connectivity index (χ0) is 11.7. The molecule has 0 aliphatic carbocycles. The molecule has 0 amide bonds. The average molecular weight is 220 g/mol. The van der Waals surface area contributed by atoms with Gasteiger partial charge in [-0.2, -0.15) is 0 Å². The Balaban J connectivity index is 2.14. The molecule has 2 rings (SSSR count). The molecule has 0 radical (unpaired) electrons. The highest BCUT2D eigenvalue weighted by molar-refractivity contribution is 5.58. The van der Waals surface area contributed by atoms with E-state index in [0.29, 0.717) is 5.92 Å². The highest BCUT2D eigenvalue weighted by Gasteiger charge is 2.26. The van der Waals surface area contributed by atoms with Gasteiger partial charge in [-0.25, -0.2) is 0 Å². The van der Waals surface area contributed by atoms with Crippen LogP contribution in [0.5, 0.6) is 0 Å². The molecule has 1 aliphatic rings. The molecular formula is C13H20N2O. The molecule has 1 aromatic carbocycles. The highest BCUT2D eigenvalue weighted by atomic mass is 16.3. The van der Waals surface area contributed by atoms with Crippen LogP contribution in [-0.4, -0.2) is 24.3 Å². The molecule has 0 saturated carbocycles. The Kier molecular flexibility index (Phi) is 3.06. The minimum absolute atomic E-state index is 0.216. The molecule has 1 aliphatic heterocycles. The molecule has 0 bridgehead atoms. The third-order valence-electron chi connectivity index (χ3n) is 3.36. The first-order chi connectivity index (χ1) is 7.56. The maximum atomic E-state index is 9.57. The molecule has 1 aromatic rings. The molecule has 1 saturated heterocycles. The van der Waals surface area contributed by atoms with Crippen molar-refractivity contribution in [2.45, 2.75) is 26.4 Å². The standard InChI is InChI=1S/C13H20N2O/c1-9-5-12(14)7-13(6-9)15-4-3-11(8-15)10(2)16/h5-7,10-11,16H,3-4,8,14H2,1-2H3. The Morgan fingerprint density at radius 3 is 2.75 bits per heavy atom. The summed E-state index contributed by atoms with van der Waals surface area (Å²) in [6, 6.07) is 6.14. The summed E-state index contributed by atoms with van der Waals surface area (Å²) in [7, 11) is 0. The fourth-order valence-electron chi connectivity index (χ4n) is 2.39. The van der Waals surface area contributed by atoms with Crippen molar-refractivity contribution in [1.29, 1.82) is 0 Å². The third kappa shape index (κ3) is 2.30. The molecule has 3 heteroatoms. The van der Waals surface area contributed by atoms with Gasteiger partial charge in [0.25, 0.3) is 0 Å².